The van der Waals surface area contributed by atoms with Gasteiger partial charge >= 0.3 is 0 Å². The van der Waals surface area contributed by atoms with E-state index in [9.17, 15) is 8.42 Å². The number of hydrogen-bond acceptors (Lipinski definition) is 3. The van der Waals surface area contributed by atoms with Crippen molar-refractivity contribution in [3.8, 4) is 0 Å². The zero-order valence-corrected chi connectivity index (χ0v) is 11.1. The molecular weight excluding hydrogens is 262 g/mol. The van der Waals surface area contributed by atoms with Gasteiger partial charge < -0.3 is 5.32 Å². The number of rotatable bonds is 5. The minimum Gasteiger partial charge on any atom is -0.385 e. The van der Waals surface area contributed by atoms with E-state index in [4.69, 9.17) is 4.55 Å². The zero-order valence-electron chi connectivity index (χ0n) is 10.3. The molecule has 2 rings (SSSR count). The normalized spacial score (nSPS) is 11.2. The van der Waals surface area contributed by atoms with Crippen molar-refractivity contribution in [2.24, 2.45) is 0 Å². The summed E-state index contributed by atoms with van der Waals surface area (Å²) in [5.41, 5.74) is 2.06. The van der Waals surface area contributed by atoms with Gasteiger partial charge in [-0.05, 0) is 36.2 Å². The molecule has 0 bridgehead atoms. The van der Waals surface area contributed by atoms with Gasteiger partial charge in [0, 0.05) is 12.2 Å². The molecule has 0 aromatic heterocycles. The summed E-state index contributed by atoms with van der Waals surface area (Å²) in [6.45, 7) is 0.759. The van der Waals surface area contributed by atoms with Crippen LogP contribution in [0.25, 0.3) is 0 Å². The number of hydrogen-bond donors (Lipinski definition) is 2. The Bertz CT molecular complexity index is 622. The average molecular weight is 277 g/mol. The highest BCUT2D eigenvalue weighted by atomic mass is 32.2. The Hall–Kier alpha value is -1.85. The molecule has 0 radical (unpaired) electrons. The second kappa shape index (κ2) is 5.86. The molecule has 0 aliphatic carbocycles. The van der Waals surface area contributed by atoms with Crippen LogP contribution >= 0.6 is 0 Å². The number of benzene rings is 2. The molecule has 0 saturated heterocycles. The van der Waals surface area contributed by atoms with Crippen LogP contribution in [0.4, 0.5) is 5.69 Å². The molecule has 5 heteroatoms. The van der Waals surface area contributed by atoms with Gasteiger partial charge in [-0.15, -0.1) is 0 Å². The third-order valence-corrected chi connectivity index (χ3v) is 3.61. The third kappa shape index (κ3) is 4.08. The van der Waals surface area contributed by atoms with Crippen molar-refractivity contribution < 1.29 is 13.0 Å². The number of anilines is 1. The Balaban J connectivity index is 1.90. The van der Waals surface area contributed by atoms with E-state index in [0.29, 0.717) is 0 Å². The first kappa shape index (κ1) is 13.6. The topological polar surface area (TPSA) is 66.4 Å². The van der Waals surface area contributed by atoms with Gasteiger partial charge in [0.15, 0.2) is 0 Å². The monoisotopic (exact) mass is 277 g/mol. The SMILES string of the molecule is O=S(=O)(O)c1ccc(NCCc2ccccc2)cc1. The summed E-state index contributed by atoms with van der Waals surface area (Å²) in [6.07, 6.45) is 0.890. The molecule has 100 valence electrons. The minimum absolute atomic E-state index is 0.0962. The van der Waals surface area contributed by atoms with Crippen molar-refractivity contribution in [1.29, 1.82) is 0 Å². The maximum Gasteiger partial charge on any atom is 0.294 e. The first-order chi connectivity index (χ1) is 9.05. The van der Waals surface area contributed by atoms with E-state index in [2.05, 4.69) is 17.4 Å². The Kier molecular flexibility index (Phi) is 4.19. The minimum atomic E-state index is -4.11. The lowest BCUT2D eigenvalue weighted by Crippen LogP contribution is -2.05. The van der Waals surface area contributed by atoms with Crippen LogP contribution in [0.2, 0.25) is 0 Å². The molecule has 19 heavy (non-hydrogen) atoms. The second-order valence-corrected chi connectivity index (χ2v) is 5.58. The fourth-order valence-electron chi connectivity index (χ4n) is 1.74. The van der Waals surface area contributed by atoms with Crippen LogP contribution in [-0.4, -0.2) is 19.5 Å². The summed E-state index contributed by atoms with van der Waals surface area (Å²) in [6, 6.07) is 16.1. The highest BCUT2D eigenvalue weighted by Crippen LogP contribution is 2.13. The lowest BCUT2D eigenvalue weighted by molar-refractivity contribution is 0.483. The molecule has 0 aliphatic rings. The van der Waals surface area contributed by atoms with Crippen LogP contribution in [0.3, 0.4) is 0 Å². The largest absolute Gasteiger partial charge is 0.385 e. The lowest BCUT2D eigenvalue weighted by Gasteiger charge is -2.07. The van der Waals surface area contributed by atoms with Crippen molar-refractivity contribution in [1.82, 2.24) is 0 Å². The molecule has 4 nitrogen and oxygen atoms in total. The number of nitrogens with one attached hydrogen (secondary N) is 1. The first-order valence-electron chi connectivity index (χ1n) is 5.91. The van der Waals surface area contributed by atoms with Gasteiger partial charge in [0.25, 0.3) is 10.1 Å². The summed E-state index contributed by atoms with van der Waals surface area (Å²) >= 11 is 0. The quantitative estimate of drug-likeness (QED) is 0.824. The first-order valence-corrected chi connectivity index (χ1v) is 7.35. The smallest absolute Gasteiger partial charge is 0.294 e. The van der Waals surface area contributed by atoms with Crippen LogP contribution in [-0.2, 0) is 16.5 Å². The van der Waals surface area contributed by atoms with Gasteiger partial charge in [0.1, 0.15) is 0 Å². The van der Waals surface area contributed by atoms with E-state index < -0.39 is 10.1 Å². The molecule has 0 aliphatic heterocycles. The van der Waals surface area contributed by atoms with Gasteiger partial charge in [0.05, 0.1) is 4.90 Å². The third-order valence-electron chi connectivity index (χ3n) is 2.74. The second-order valence-electron chi connectivity index (χ2n) is 4.16. The molecule has 0 unspecified atom stereocenters. The lowest BCUT2D eigenvalue weighted by atomic mass is 10.1. The van der Waals surface area contributed by atoms with E-state index in [1.54, 1.807) is 12.1 Å². The highest BCUT2D eigenvalue weighted by Gasteiger charge is 2.07. The van der Waals surface area contributed by atoms with Crippen LogP contribution in [0, 0.1) is 0 Å². The molecule has 0 spiro atoms. The Labute approximate surface area is 112 Å². The van der Waals surface area contributed by atoms with Crippen molar-refractivity contribution in [2.45, 2.75) is 11.3 Å². The maximum atomic E-state index is 10.9. The van der Waals surface area contributed by atoms with Crippen molar-refractivity contribution in [3.05, 3.63) is 60.2 Å². The predicted octanol–water partition coefficient (Wildman–Crippen LogP) is 2.59. The van der Waals surface area contributed by atoms with E-state index in [0.717, 1.165) is 18.7 Å². The molecule has 0 heterocycles. The van der Waals surface area contributed by atoms with Crippen molar-refractivity contribution >= 4 is 15.8 Å². The molecule has 2 aromatic carbocycles. The summed E-state index contributed by atoms with van der Waals surface area (Å²) in [7, 11) is -4.11. The molecule has 0 amide bonds. The van der Waals surface area contributed by atoms with Crippen LogP contribution in [0.1, 0.15) is 5.56 Å². The molecule has 2 aromatic rings. The van der Waals surface area contributed by atoms with Crippen molar-refractivity contribution in [2.75, 3.05) is 11.9 Å². The predicted molar refractivity (Wildman–Crippen MR) is 74.9 cm³/mol. The van der Waals surface area contributed by atoms with E-state index in [1.807, 2.05) is 18.2 Å². The van der Waals surface area contributed by atoms with Crippen molar-refractivity contribution in [3.63, 3.8) is 0 Å². The van der Waals surface area contributed by atoms with E-state index in [-0.39, 0.29) is 4.90 Å². The highest BCUT2D eigenvalue weighted by molar-refractivity contribution is 7.85. The average Bonchev–Trinajstić information content (AvgIpc) is 2.39. The molecular formula is C14H15NO3S. The van der Waals surface area contributed by atoms with Gasteiger partial charge in [-0.3, -0.25) is 4.55 Å². The molecule has 0 atom stereocenters. The summed E-state index contributed by atoms with van der Waals surface area (Å²) < 4.78 is 30.6. The van der Waals surface area contributed by atoms with Gasteiger partial charge in [-0.25, -0.2) is 0 Å². The molecule has 0 fully saturated rings. The van der Waals surface area contributed by atoms with Crippen LogP contribution in [0.5, 0.6) is 0 Å². The van der Waals surface area contributed by atoms with Crippen LogP contribution in [0.15, 0.2) is 59.5 Å². The Morgan fingerprint density at radius 2 is 1.58 bits per heavy atom. The fourth-order valence-corrected chi connectivity index (χ4v) is 2.22. The fraction of sp³-hybridized carbons (Fsp3) is 0.143. The molecule has 2 N–H and O–H groups in total. The Morgan fingerprint density at radius 1 is 0.947 bits per heavy atom. The maximum absolute atomic E-state index is 10.9. The summed E-state index contributed by atoms with van der Waals surface area (Å²) in [5, 5.41) is 3.20. The van der Waals surface area contributed by atoms with Gasteiger partial charge in [0.2, 0.25) is 0 Å². The van der Waals surface area contributed by atoms with Crippen LogP contribution < -0.4 is 5.32 Å². The Morgan fingerprint density at radius 3 is 2.16 bits per heavy atom. The summed E-state index contributed by atoms with van der Waals surface area (Å²) in [4.78, 5) is -0.0962. The zero-order chi connectivity index (χ0) is 13.7. The standard InChI is InChI=1S/C14H15NO3S/c16-19(17,18)14-8-6-13(7-9-14)15-11-10-12-4-2-1-3-5-12/h1-9,15H,10-11H2,(H,16,17,18). The van der Waals surface area contributed by atoms with Gasteiger partial charge in [-0.1, -0.05) is 30.3 Å². The molecule has 0 saturated carbocycles. The summed E-state index contributed by atoms with van der Waals surface area (Å²) in [5.74, 6) is 0. The van der Waals surface area contributed by atoms with E-state index in [1.165, 1.54) is 17.7 Å². The van der Waals surface area contributed by atoms with Gasteiger partial charge in [-0.2, -0.15) is 8.42 Å². The van der Waals surface area contributed by atoms with E-state index >= 15 is 0 Å².